The Balaban J connectivity index is 1.77. The average Bonchev–Trinajstić information content (AvgIpc) is 2.91. The van der Waals surface area contributed by atoms with Crippen LogP contribution in [0.3, 0.4) is 0 Å². The van der Waals surface area contributed by atoms with Gasteiger partial charge < -0.3 is 16.0 Å². The topological polar surface area (TPSA) is 58.4 Å². The van der Waals surface area contributed by atoms with Crippen LogP contribution in [0.2, 0.25) is 0 Å². The second kappa shape index (κ2) is 4.45. The van der Waals surface area contributed by atoms with E-state index in [0.29, 0.717) is 11.8 Å². The lowest BCUT2D eigenvalue weighted by molar-refractivity contribution is -0.146. The molecular formula is C15H27N3O. The molecule has 0 spiro atoms. The molecule has 3 aliphatic rings. The summed E-state index contributed by atoms with van der Waals surface area (Å²) >= 11 is 0. The molecule has 3 atom stereocenters. The number of carbonyl (C=O) groups excluding carboxylic acids is 1. The number of rotatable bonds is 1. The maximum Gasteiger partial charge on any atom is 0.230 e. The Morgan fingerprint density at radius 1 is 1.37 bits per heavy atom. The van der Waals surface area contributed by atoms with Crippen molar-refractivity contribution in [3.8, 4) is 0 Å². The van der Waals surface area contributed by atoms with Crippen LogP contribution < -0.4 is 11.1 Å². The Bertz CT molecular complexity index is 370. The number of hydrogen-bond acceptors (Lipinski definition) is 3. The number of nitrogens with one attached hydrogen (secondary N) is 1. The number of piperidine rings is 1. The van der Waals surface area contributed by atoms with Gasteiger partial charge in [0.05, 0.1) is 5.41 Å². The van der Waals surface area contributed by atoms with E-state index in [1.165, 1.54) is 12.8 Å². The van der Waals surface area contributed by atoms with Crippen molar-refractivity contribution in [2.75, 3.05) is 26.2 Å². The van der Waals surface area contributed by atoms with Crippen LogP contribution in [0.5, 0.6) is 0 Å². The maximum atomic E-state index is 13.0. The largest absolute Gasteiger partial charge is 0.342 e. The summed E-state index contributed by atoms with van der Waals surface area (Å²) in [5, 5.41) is 3.44. The van der Waals surface area contributed by atoms with Crippen molar-refractivity contribution < 1.29 is 4.79 Å². The summed E-state index contributed by atoms with van der Waals surface area (Å²) in [7, 11) is 0. The number of amides is 1. The smallest absolute Gasteiger partial charge is 0.230 e. The van der Waals surface area contributed by atoms with E-state index < -0.39 is 0 Å². The zero-order valence-corrected chi connectivity index (χ0v) is 12.2. The molecule has 0 aromatic heterocycles. The van der Waals surface area contributed by atoms with Gasteiger partial charge in [-0.25, -0.2) is 0 Å². The van der Waals surface area contributed by atoms with Crippen LogP contribution in [-0.4, -0.2) is 43.0 Å². The van der Waals surface area contributed by atoms with Crippen LogP contribution in [0.25, 0.3) is 0 Å². The van der Waals surface area contributed by atoms with Gasteiger partial charge in [-0.2, -0.15) is 0 Å². The molecule has 2 saturated heterocycles. The van der Waals surface area contributed by atoms with Crippen LogP contribution >= 0.6 is 0 Å². The lowest BCUT2D eigenvalue weighted by Crippen LogP contribution is -2.57. The van der Waals surface area contributed by atoms with Gasteiger partial charge in [0.25, 0.3) is 0 Å². The van der Waals surface area contributed by atoms with Gasteiger partial charge >= 0.3 is 0 Å². The van der Waals surface area contributed by atoms with Crippen molar-refractivity contribution in [1.29, 1.82) is 0 Å². The molecule has 2 heterocycles. The van der Waals surface area contributed by atoms with Gasteiger partial charge in [0.2, 0.25) is 5.91 Å². The molecule has 0 bridgehead atoms. The number of nitrogens with two attached hydrogens (primary N) is 1. The summed E-state index contributed by atoms with van der Waals surface area (Å²) < 4.78 is 0. The molecule has 4 nitrogen and oxygen atoms in total. The Morgan fingerprint density at radius 2 is 2.16 bits per heavy atom. The van der Waals surface area contributed by atoms with Crippen LogP contribution in [0.1, 0.15) is 39.5 Å². The molecule has 1 unspecified atom stereocenters. The third-order valence-corrected chi connectivity index (χ3v) is 5.81. The van der Waals surface area contributed by atoms with Crippen LogP contribution in [0, 0.1) is 16.7 Å². The van der Waals surface area contributed by atoms with Crippen LogP contribution in [0.4, 0.5) is 0 Å². The normalized spacial score (nSPS) is 41.3. The first kappa shape index (κ1) is 13.4. The van der Waals surface area contributed by atoms with E-state index in [-0.39, 0.29) is 16.9 Å². The molecule has 4 heteroatoms. The monoisotopic (exact) mass is 265 g/mol. The Hall–Kier alpha value is -0.610. The minimum atomic E-state index is -0.0858. The summed E-state index contributed by atoms with van der Waals surface area (Å²) in [5.74, 6) is 0.971. The predicted molar refractivity (Wildman–Crippen MR) is 75.6 cm³/mol. The zero-order chi connectivity index (χ0) is 13.7. The molecule has 0 aromatic carbocycles. The predicted octanol–water partition coefficient (Wildman–Crippen LogP) is 0.962. The summed E-state index contributed by atoms with van der Waals surface area (Å²) in [6.07, 6.45) is 4.45. The van der Waals surface area contributed by atoms with E-state index in [0.717, 1.165) is 39.0 Å². The number of hydrogen-bond donors (Lipinski definition) is 2. The Labute approximate surface area is 116 Å². The first-order valence-corrected chi connectivity index (χ1v) is 7.71. The van der Waals surface area contributed by atoms with Gasteiger partial charge in [-0.15, -0.1) is 0 Å². The molecule has 3 fully saturated rings. The van der Waals surface area contributed by atoms with E-state index in [2.05, 4.69) is 24.1 Å². The highest BCUT2D eigenvalue weighted by Gasteiger charge is 2.54. The first-order valence-electron chi connectivity index (χ1n) is 7.71. The van der Waals surface area contributed by atoms with E-state index in [4.69, 9.17) is 5.73 Å². The lowest BCUT2D eigenvalue weighted by atomic mass is 9.76. The van der Waals surface area contributed by atoms with Crippen molar-refractivity contribution in [3.63, 3.8) is 0 Å². The van der Waals surface area contributed by atoms with Crippen molar-refractivity contribution in [3.05, 3.63) is 0 Å². The molecule has 1 aliphatic carbocycles. The minimum absolute atomic E-state index is 0.0463. The lowest BCUT2D eigenvalue weighted by Gasteiger charge is -2.45. The minimum Gasteiger partial charge on any atom is -0.342 e. The van der Waals surface area contributed by atoms with Crippen molar-refractivity contribution in [1.82, 2.24) is 10.2 Å². The molecule has 19 heavy (non-hydrogen) atoms. The fraction of sp³-hybridized carbons (Fsp3) is 0.933. The quantitative estimate of drug-likeness (QED) is 0.742. The van der Waals surface area contributed by atoms with E-state index in [9.17, 15) is 4.79 Å². The first-order chi connectivity index (χ1) is 8.96. The van der Waals surface area contributed by atoms with Crippen LogP contribution in [0.15, 0.2) is 0 Å². The van der Waals surface area contributed by atoms with Gasteiger partial charge in [0, 0.05) is 25.7 Å². The fourth-order valence-electron chi connectivity index (χ4n) is 4.36. The Kier molecular flexibility index (Phi) is 3.13. The van der Waals surface area contributed by atoms with E-state index in [1.54, 1.807) is 0 Å². The van der Waals surface area contributed by atoms with Crippen molar-refractivity contribution in [2.24, 2.45) is 22.5 Å². The van der Waals surface area contributed by atoms with E-state index >= 15 is 0 Å². The summed E-state index contributed by atoms with van der Waals surface area (Å²) in [4.78, 5) is 15.1. The molecule has 3 N–H and O–H groups in total. The number of nitrogens with zero attached hydrogens (tertiary/aromatic N) is 1. The highest BCUT2D eigenvalue weighted by molar-refractivity contribution is 5.84. The number of carbonyl (C=O) groups is 1. The molecule has 2 aliphatic heterocycles. The van der Waals surface area contributed by atoms with Gasteiger partial charge in [-0.3, -0.25) is 4.79 Å². The molecule has 0 radical (unpaired) electrons. The van der Waals surface area contributed by atoms with Gasteiger partial charge in [0.1, 0.15) is 0 Å². The second-order valence-corrected chi connectivity index (χ2v) is 7.49. The standard InChI is InChI=1S/C15H27N3O/c1-14(2)10-18(7-5-12(14)16)13(19)15-6-3-4-11(15)8-17-9-15/h11-12,17H,3-10,16H2,1-2H3/t11-,12?,15-/m1/s1. The molecule has 1 amide bonds. The second-order valence-electron chi connectivity index (χ2n) is 7.49. The summed E-state index contributed by atoms with van der Waals surface area (Å²) in [5.41, 5.74) is 6.14. The third kappa shape index (κ3) is 2.00. The van der Waals surface area contributed by atoms with E-state index in [1.807, 2.05) is 0 Å². The summed E-state index contributed by atoms with van der Waals surface area (Å²) in [6.45, 7) is 7.96. The molecular weight excluding hydrogens is 238 g/mol. The Morgan fingerprint density at radius 3 is 2.89 bits per heavy atom. The van der Waals surface area contributed by atoms with Crippen molar-refractivity contribution in [2.45, 2.75) is 45.6 Å². The number of fused-ring (bicyclic) bond motifs is 1. The van der Waals surface area contributed by atoms with Crippen LogP contribution in [-0.2, 0) is 4.79 Å². The maximum absolute atomic E-state index is 13.0. The van der Waals surface area contributed by atoms with Gasteiger partial charge in [-0.1, -0.05) is 20.3 Å². The van der Waals surface area contributed by atoms with Gasteiger partial charge in [-0.05, 0) is 37.1 Å². The summed E-state index contributed by atoms with van der Waals surface area (Å²) in [6, 6.07) is 0.218. The van der Waals surface area contributed by atoms with Crippen molar-refractivity contribution >= 4 is 5.91 Å². The molecule has 0 aromatic rings. The fourth-order valence-corrected chi connectivity index (χ4v) is 4.36. The third-order valence-electron chi connectivity index (χ3n) is 5.81. The molecule has 1 saturated carbocycles. The van der Waals surface area contributed by atoms with Gasteiger partial charge in [0.15, 0.2) is 0 Å². The zero-order valence-electron chi connectivity index (χ0n) is 12.2. The average molecular weight is 265 g/mol. The molecule has 3 rings (SSSR count). The SMILES string of the molecule is CC1(C)CN(C(=O)[C@@]23CCC[C@@H]2CNC3)CCC1N. The highest BCUT2D eigenvalue weighted by Crippen LogP contribution is 2.47. The number of likely N-dealkylation sites (tertiary alicyclic amines) is 1. The highest BCUT2D eigenvalue weighted by atomic mass is 16.2. The molecule has 108 valence electrons.